The zero-order chi connectivity index (χ0) is 9.14. The number of Topliss-reactive ketones (excluding diaryl/α,β-unsaturated/α-hetero) is 1. The van der Waals surface area contributed by atoms with E-state index in [1.54, 1.807) is 12.1 Å². The number of halogens is 1. The van der Waals surface area contributed by atoms with Gasteiger partial charge < -0.3 is 0 Å². The van der Waals surface area contributed by atoms with E-state index < -0.39 is 0 Å². The van der Waals surface area contributed by atoms with E-state index in [0.717, 1.165) is 0 Å². The van der Waals surface area contributed by atoms with Crippen molar-refractivity contribution >= 4 is 21.7 Å². The van der Waals surface area contributed by atoms with Crippen LogP contribution in [0.2, 0.25) is 0 Å². The zero-order valence-electron chi connectivity index (χ0n) is 7.04. The molecule has 0 saturated carbocycles. The van der Waals surface area contributed by atoms with Crippen LogP contribution < -0.4 is 0 Å². The maximum Gasteiger partial charge on any atom is 0.183 e. The third kappa shape index (κ3) is 2.14. The molecule has 0 aromatic carbocycles. The van der Waals surface area contributed by atoms with Gasteiger partial charge in [0.25, 0.3) is 0 Å². The van der Waals surface area contributed by atoms with Crippen LogP contribution in [0.1, 0.15) is 24.3 Å². The standard InChI is InChI=1S/C9H10BrNO/c1-6(2)9(12)7-4-3-5-8(10)11-7/h3-6H,1-2H3. The van der Waals surface area contributed by atoms with Gasteiger partial charge in [-0.3, -0.25) is 4.79 Å². The molecule has 0 bridgehead atoms. The SMILES string of the molecule is CC(C)C(=O)c1cccc(Br)n1. The molecule has 1 aromatic rings. The van der Waals surface area contributed by atoms with E-state index >= 15 is 0 Å². The predicted octanol–water partition coefficient (Wildman–Crippen LogP) is 2.68. The van der Waals surface area contributed by atoms with Crippen LogP contribution in [0.5, 0.6) is 0 Å². The van der Waals surface area contributed by atoms with Crippen LogP contribution in [0.3, 0.4) is 0 Å². The van der Waals surface area contributed by atoms with Gasteiger partial charge in [-0.05, 0) is 28.1 Å². The van der Waals surface area contributed by atoms with Crippen LogP contribution in [-0.4, -0.2) is 10.8 Å². The van der Waals surface area contributed by atoms with Crippen LogP contribution in [0.15, 0.2) is 22.8 Å². The first-order valence-corrected chi connectivity index (χ1v) is 4.57. The summed E-state index contributed by atoms with van der Waals surface area (Å²) in [5.41, 5.74) is 0.527. The van der Waals surface area contributed by atoms with Crippen LogP contribution in [0.4, 0.5) is 0 Å². The van der Waals surface area contributed by atoms with Gasteiger partial charge in [-0.15, -0.1) is 0 Å². The number of aromatic nitrogens is 1. The highest BCUT2D eigenvalue weighted by Gasteiger charge is 2.11. The van der Waals surface area contributed by atoms with Gasteiger partial charge in [-0.1, -0.05) is 19.9 Å². The second-order valence-corrected chi connectivity index (χ2v) is 3.68. The van der Waals surface area contributed by atoms with E-state index in [1.165, 1.54) is 0 Å². The number of ketones is 1. The third-order valence-electron chi connectivity index (χ3n) is 1.49. The van der Waals surface area contributed by atoms with Crippen LogP contribution in [-0.2, 0) is 0 Å². The Morgan fingerprint density at radius 3 is 2.67 bits per heavy atom. The van der Waals surface area contributed by atoms with Gasteiger partial charge in [-0.2, -0.15) is 0 Å². The number of rotatable bonds is 2. The highest BCUT2D eigenvalue weighted by Crippen LogP contribution is 2.10. The van der Waals surface area contributed by atoms with Crippen molar-refractivity contribution < 1.29 is 4.79 Å². The minimum atomic E-state index is 0.00630. The van der Waals surface area contributed by atoms with Gasteiger partial charge >= 0.3 is 0 Å². The number of carbonyl (C=O) groups is 1. The van der Waals surface area contributed by atoms with Crippen molar-refractivity contribution in [3.05, 3.63) is 28.5 Å². The smallest absolute Gasteiger partial charge is 0.183 e. The molecule has 1 heterocycles. The van der Waals surface area contributed by atoms with Crippen molar-refractivity contribution in [1.29, 1.82) is 0 Å². The molecule has 0 radical (unpaired) electrons. The maximum atomic E-state index is 11.4. The molecular weight excluding hydrogens is 218 g/mol. The van der Waals surface area contributed by atoms with E-state index in [1.807, 2.05) is 19.9 Å². The lowest BCUT2D eigenvalue weighted by Crippen LogP contribution is -2.09. The second-order valence-electron chi connectivity index (χ2n) is 2.86. The summed E-state index contributed by atoms with van der Waals surface area (Å²) in [5, 5.41) is 0. The molecule has 1 rings (SSSR count). The summed E-state index contributed by atoms with van der Waals surface area (Å²) >= 11 is 3.22. The predicted molar refractivity (Wildman–Crippen MR) is 51.1 cm³/mol. The van der Waals surface area contributed by atoms with Crippen molar-refractivity contribution in [1.82, 2.24) is 4.98 Å². The van der Waals surface area contributed by atoms with Gasteiger partial charge in [0.05, 0.1) is 0 Å². The van der Waals surface area contributed by atoms with Crippen molar-refractivity contribution in [2.45, 2.75) is 13.8 Å². The third-order valence-corrected chi connectivity index (χ3v) is 1.93. The van der Waals surface area contributed by atoms with Crippen LogP contribution >= 0.6 is 15.9 Å². The van der Waals surface area contributed by atoms with Gasteiger partial charge in [-0.25, -0.2) is 4.98 Å². The second kappa shape index (κ2) is 3.81. The van der Waals surface area contributed by atoms with Crippen molar-refractivity contribution in [3.63, 3.8) is 0 Å². The molecule has 0 atom stereocenters. The van der Waals surface area contributed by atoms with E-state index in [-0.39, 0.29) is 11.7 Å². The first kappa shape index (κ1) is 9.39. The van der Waals surface area contributed by atoms with Gasteiger partial charge in [0.1, 0.15) is 10.3 Å². The normalized spacial score (nSPS) is 10.3. The highest BCUT2D eigenvalue weighted by molar-refractivity contribution is 9.10. The van der Waals surface area contributed by atoms with Crippen molar-refractivity contribution in [2.24, 2.45) is 5.92 Å². The average Bonchev–Trinajstić information content (AvgIpc) is 2.03. The molecule has 0 spiro atoms. The molecule has 64 valence electrons. The summed E-state index contributed by atoms with van der Waals surface area (Å²) in [7, 11) is 0. The lowest BCUT2D eigenvalue weighted by atomic mass is 10.1. The van der Waals surface area contributed by atoms with E-state index in [2.05, 4.69) is 20.9 Å². The fourth-order valence-electron chi connectivity index (χ4n) is 0.841. The lowest BCUT2D eigenvalue weighted by molar-refractivity contribution is 0.0934. The largest absolute Gasteiger partial charge is 0.292 e. The zero-order valence-corrected chi connectivity index (χ0v) is 8.63. The molecule has 0 aliphatic heterocycles. The molecule has 0 aliphatic carbocycles. The van der Waals surface area contributed by atoms with Crippen molar-refractivity contribution in [3.8, 4) is 0 Å². The quantitative estimate of drug-likeness (QED) is 0.575. The van der Waals surface area contributed by atoms with Gasteiger partial charge in [0.15, 0.2) is 5.78 Å². The number of hydrogen-bond donors (Lipinski definition) is 0. The summed E-state index contributed by atoms with van der Waals surface area (Å²) in [6.45, 7) is 3.73. The number of pyridine rings is 1. The Bertz CT molecular complexity index is 296. The van der Waals surface area contributed by atoms with Crippen molar-refractivity contribution in [2.75, 3.05) is 0 Å². The molecule has 0 fully saturated rings. The monoisotopic (exact) mass is 227 g/mol. The summed E-state index contributed by atoms with van der Waals surface area (Å²) in [5.74, 6) is 0.0862. The Balaban J connectivity index is 2.96. The first-order valence-electron chi connectivity index (χ1n) is 3.78. The molecule has 2 nitrogen and oxygen atoms in total. The molecule has 0 N–H and O–H groups in total. The summed E-state index contributed by atoms with van der Waals surface area (Å²) in [4.78, 5) is 15.5. The van der Waals surface area contributed by atoms with E-state index in [9.17, 15) is 4.79 Å². The Morgan fingerprint density at radius 2 is 2.17 bits per heavy atom. The van der Waals surface area contributed by atoms with Crippen LogP contribution in [0, 0.1) is 5.92 Å². The fraction of sp³-hybridized carbons (Fsp3) is 0.333. The Labute approximate surface area is 80.1 Å². The van der Waals surface area contributed by atoms with E-state index in [4.69, 9.17) is 0 Å². The topological polar surface area (TPSA) is 30.0 Å². The Morgan fingerprint density at radius 1 is 1.50 bits per heavy atom. The fourth-order valence-corrected chi connectivity index (χ4v) is 1.18. The molecule has 12 heavy (non-hydrogen) atoms. The Kier molecular flexibility index (Phi) is 2.98. The molecule has 0 saturated heterocycles. The highest BCUT2D eigenvalue weighted by atomic mass is 79.9. The molecule has 1 aromatic heterocycles. The molecular formula is C9H10BrNO. The van der Waals surface area contributed by atoms with Gasteiger partial charge in [0, 0.05) is 5.92 Å². The minimum Gasteiger partial charge on any atom is -0.292 e. The average molecular weight is 228 g/mol. The van der Waals surface area contributed by atoms with Crippen LogP contribution in [0.25, 0.3) is 0 Å². The molecule has 0 amide bonds. The number of carbonyl (C=O) groups excluding carboxylic acids is 1. The van der Waals surface area contributed by atoms with E-state index in [0.29, 0.717) is 10.3 Å². The minimum absolute atomic E-state index is 0.00630. The number of hydrogen-bond acceptors (Lipinski definition) is 2. The first-order chi connectivity index (χ1) is 5.61. The maximum absolute atomic E-state index is 11.4. The number of nitrogens with zero attached hydrogens (tertiary/aromatic N) is 1. The lowest BCUT2D eigenvalue weighted by Gasteiger charge is -2.02. The molecule has 0 aliphatic rings. The summed E-state index contributed by atoms with van der Waals surface area (Å²) in [6, 6.07) is 5.34. The molecule has 3 heteroatoms. The Hall–Kier alpha value is -0.700. The summed E-state index contributed by atoms with van der Waals surface area (Å²) in [6.07, 6.45) is 0. The summed E-state index contributed by atoms with van der Waals surface area (Å²) < 4.78 is 0.703. The molecule has 0 unspecified atom stereocenters. The van der Waals surface area contributed by atoms with Gasteiger partial charge in [0.2, 0.25) is 0 Å².